The Morgan fingerprint density at radius 2 is 1.83 bits per heavy atom. The van der Waals surface area contributed by atoms with Gasteiger partial charge in [0.05, 0.1) is 10.6 Å². The molecule has 0 unspecified atom stereocenters. The second-order valence-corrected chi connectivity index (χ2v) is 7.07. The molecule has 1 fully saturated rings. The van der Waals surface area contributed by atoms with Crippen LogP contribution in [-0.2, 0) is 4.79 Å². The first-order valence-corrected chi connectivity index (χ1v) is 8.32. The van der Waals surface area contributed by atoms with Gasteiger partial charge in [-0.3, -0.25) is 9.69 Å². The quantitative estimate of drug-likeness (QED) is 0.649. The first-order valence-electron chi connectivity index (χ1n) is 7.10. The Hall–Kier alpha value is -2.11. The van der Waals surface area contributed by atoms with Gasteiger partial charge in [-0.1, -0.05) is 53.8 Å². The van der Waals surface area contributed by atoms with Crippen LogP contribution in [0.15, 0.2) is 47.4 Å². The number of nitrogens with zero attached hydrogens (tertiary/aromatic N) is 1. The predicted octanol–water partition coefficient (Wildman–Crippen LogP) is 4.41. The minimum Gasteiger partial charge on any atom is -0.508 e. The summed E-state index contributed by atoms with van der Waals surface area (Å²) in [5, 5.41) is 9.33. The van der Waals surface area contributed by atoms with Crippen molar-refractivity contribution in [2.75, 3.05) is 4.90 Å². The van der Waals surface area contributed by atoms with Crippen LogP contribution in [0.2, 0.25) is 0 Å². The molecule has 3 nitrogen and oxygen atoms in total. The molecule has 1 amide bonds. The van der Waals surface area contributed by atoms with Crippen molar-refractivity contribution < 1.29 is 9.90 Å². The molecular formula is C18H15NO2S2. The van der Waals surface area contributed by atoms with Crippen LogP contribution < -0.4 is 4.90 Å². The van der Waals surface area contributed by atoms with Gasteiger partial charge in [0, 0.05) is 0 Å². The number of phenols is 1. The second kappa shape index (κ2) is 6.18. The summed E-state index contributed by atoms with van der Waals surface area (Å²) < 4.78 is 0.534. The maximum atomic E-state index is 12.7. The number of thioether (sulfide) groups is 1. The molecule has 2 aromatic carbocycles. The highest BCUT2D eigenvalue weighted by Crippen LogP contribution is 2.37. The van der Waals surface area contributed by atoms with Gasteiger partial charge in [-0.05, 0) is 49.2 Å². The molecule has 0 saturated carbocycles. The molecular weight excluding hydrogens is 326 g/mol. The zero-order chi connectivity index (χ0) is 16.6. The molecule has 1 aliphatic heterocycles. The third kappa shape index (κ3) is 3.16. The zero-order valence-corrected chi connectivity index (χ0v) is 14.4. The molecule has 1 heterocycles. The minimum absolute atomic E-state index is 0.111. The topological polar surface area (TPSA) is 40.5 Å². The molecule has 116 valence electrons. The number of anilines is 1. The van der Waals surface area contributed by atoms with Gasteiger partial charge in [0.25, 0.3) is 5.91 Å². The number of benzene rings is 2. The van der Waals surface area contributed by atoms with Crippen molar-refractivity contribution in [2.45, 2.75) is 13.8 Å². The number of thiocarbonyl (C=S) groups is 1. The summed E-state index contributed by atoms with van der Waals surface area (Å²) in [4.78, 5) is 14.9. The molecule has 1 N–H and O–H groups in total. The third-order valence-corrected chi connectivity index (χ3v) is 4.88. The van der Waals surface area contributed by atoms with E-state index in [1.807, 2.05) is 32.0 Å². The molecule has 0 radical (unpaired) electrons. The molecule has 0 atom stereocenters. The lowest BCUT2D eigenvalue weighted by molar-refractivity contribution is -0.113. The highest BCUT2D eigenvalue weighted by atomic mass is 32.2. The Labute approximate surface area is 144 Å². The number of carbonyl (C=O) groups excluding carboxylic acids is 1. The van der Waals surface area contributed by atoms with Gasteiger partial charge < -0.3 is 5.11 Å². The van der Waals surface area contributed by atoms with Crippen LogP contribution in [-0.4, -0.2) is 15.3 Å². The van der Waals surface area contributed by atoms with E-state index in [1.165, 1.54) is 11.8 Å². The van der Waals surface area contributed by atoms with Crippen molar-refractivity contribution in [1.82, 2.24) is 0 Å². The van der Waals surface area contributed by atoms with Gasteiger partial charge in [0.15, 0.2) is 4.32 Å². The number of hydrogen-bond acceptors (Lipinski definition) is 4. The maximum absolute atomic E-state index is 12.7. The standard InChI is InChI=1S/C18H15NO2S2/c1-11-3-8-15(12(2)9-11)19-17(21)16(23-18(19)22)10-13-4-6-14(20)7-5-13/h3-10,20H,1-2H3. The smallest absolute Gasteiger partial charge is 0.270 e. The van der Waals surface area contributed by atoms with E-state index in [0.29, 0.717) is 9.23 Å². The number of phenolic OH excluding ortho intramolecular Hbond substituents is 1. The van der Waals surface area contributed by atoms with Crippen molar-refractivity contribution >= 4 is 46.0 Å². The normalized spacial score (nSPS) is 16.4. The number of aryl methyl sites for hydroxylation is 2. The van der Waals surface area contributed by atoms with Gasteiger partial charge >= 0.3 is 0 Å². The summed E-state index contributed by atoms with van der Waals surface area (Å²) in [5.74, 6) is 0.0880. The molecule has 0 spiro atoms. The van der Waals surface area contributed by atoms with Gasteiger partial charge in [-0.15, -0.1) is 0 Å². The first kappa shape index (κ1) is 15.8. The van der Waals surface area contributed by atoms with Crippen LogP contribution >= 0.6 is 24.0 Å². The number of aromatic hydroxyl groups is 1. The maximum Gasteiger partial charge on any atom is 0.270 e. The third-order valence-electron chi connectivity index (χ3n) is 3.58. The lowest BCUT2D eigenvalue weighted by Gasteiger charge is -2.17. The monoisotopic (exact) mass is 341 g/mol. The molecule has 0 bridgehead atoms. The summed E-state index contributed by atoms with van der Waals surface area (Å²) in [5.41, 5.74) is 3.85. The lowest BCUT2D eigenvalue weighted by atomic mass is 10.1. The Morgan fingerprint density at radius 1 is 1.13 bits per heavy atom. The summed E-state index contributed by atoms with van der Waals surface area (Å²) >= 11 is 6.69. The Kier molecular flexibility index (Phi) is 4.24. The molecule has 1 saturated heterocycles. The summed E-state index contributed by atoms with van der Waals surface area (Å²) in [6, 6.07) is 12.7. The largest absolute Gasteiger partial charge is 0.508 e. The highest BCUT2D eigenvalue weighted by molar-refractivity contribution is 8.27. The number of amides is 1. The van der Waals surface area contributed by atoms with Gasteiger partial charge in [0.1, 0.15) is 5.75 Å². The van der Waals surface area contributed by atoms with E-state index in [1.54, 1.807) is 35.2 Å². The SMILES string of the molecule is Cc1ccc(N2C(=O)C(=Cc3ccc(O)cc3)SC2=S)c(C)c1. The van der Waals surface area contributed by atoms with Crippen molar-refractivity contribution in [3.8, 4) is 5.75 Å². The fraction of sp³-hybridized carbons (Fsp3) is 0.111. The Bertz CT molecular complexity index is 825. The van der Waals surface area contributed by atoms with E-state index in [9.17, 15) is 9.90 Å². The zero-order valence-electron chi connectivity index (χ0n) is 12.7. The van der Waals surface area contributed by atoms with Crippen LogP contribution in [0.5, 0.6) is 5.75 Å². The fourth-order valence-electron chi connectivity index (χ4n) is 2.45. The number of hydrogen-bond donors (Lipinski definition) is 1. The van der Waals surface area contributed by atoms with E-state index in [0.717, 1.165) is 22.4 Å². The average Bonchev–Trinajstić information content (AvgIpc) is 2.77. The van der Waals surface area contributed by atoms with Crippen molar-refractivity contribution in [1.29, 1.82) is 0 Å². The Morgan fingerprint density at radius 3 is 2.48 bits per heavy atom. The van der Waals surface area contributed by atoms with Gasteiger partial charge in [0.2, 0.25) is 0 Å². The summed E-state index contributed by atoms with van der Waals surface area (Å²) in [7, 11) is 0. The highest BCUT2D eigenvalue weighted by Gasteiger charge is 2.33. The molecule has 3 rings (SSSR count). The number of carbonyl (C=O) groups is 1. The van der Waals surface area contributed by atoms with Crippen LogP contribution in [0.1, 0.15) is 16.7 Å². The van der Waals surface area contributed by atoms with Crippen molar-refractivity contribution in [3.63, 3.8) is 0 Å². The number of rotatable bonds is 2. The molecule has 1 aliphatic rings. The molecule has 0 aliphatic carbocycles. The fourth-order valence-corrected chi connectivity index (χ4v) is 3.74. The van der Waals surface area contributed by atoms with Crippen molar-refractivity contribution in [3.05, 3.63) is 64.1 Å². The second-order valence-electron chi connectivity index (χ2n) is 5.40. The van der Waals surface area contributed by atoms with Crippen LogP contribution in [0.3, 0.4) is 0 Å². The minimum atomic E-state index is -0.111. The molecule has 0 aromatic heterocycles. The molecule has 5 heteroatoms. The molecule has 23 heavy (non-hydrogen) atoms. The van der Waals surface area contributed by atoms with E-state index in [2.05, 4.69) is 0 Å². The van der Waals surface area contributed by atoms with Crippen LogP contribution in [0, 0.1) is 13.8 Å². The first-order chi connectivity index (χ1) is 11.0. The van der Waals surface area contributed by atoms with Gasteiger partial charge in [-0.2, -0.15) is 0 Å². The van der Waals surface area contributed by atoms with Gasteiger partial charge in [-0.25, -0.2) is 0 Å². The van der Waals surface area contributed by atoms with E-state index >= 15 is 0 Å². The average molecular weight is 341 g/mol. The summed E-state index contributed by atoms with van der Waals surface area (Å²) in [6.45, 7) is 4.00. The Balaban J connectivity index is 1.95. The predicted molar refractivity (Wildman–Crippen MR) is 99.7 cm³/mol. The van der Waals surface area contributed by atoms with Crippen LogP contribution in [0.25, 0.3) is 6.08 Å². The van der Waals surface area contributed by atoms with E-state index in [4.69, 9.17) is 12.2 Å². The van der Waals surface area contributed by atoms with Crippen LogP contribution in [0.4, 0.5) is 5.69 Å². The van der Waals surface area contributed by atoms with E-state index in [-0.39, 0.29) is 11.7 Å². The lowest BCUT2D eigenvalue weighted by Crippen LogP contribution is -2.28. The van der Waals surface area contributed by atoms with E-state index < -0.39 is 0 Å². The summed E-state index contributed by atoms with van der Waals surface area (Å²) in [6.07, 6.45) is 1.79. The van der Waals surface area contributed by atoms with Crippen molar-refractivity contribution in [2.24, 2.45) is 0 Å². The molecule has 2 aromatic rings.